The molecule has 17 heavy (non-hydrogen) atoms. The highest BCUT2D eigenvalue weighted by molar-refractivity contribution is 7.99. The Hall–Kier alpha value is -0.180. The first kappa shape index (κ1) is 13.3. The van der Waals surface area contributed by atoms with Gasteiger partial charge < -0.3 is 5.32 Å². The van der Waals surface area contributed by atoms with Crippen LogP contribution in [0.1, 0.15) is 47.0 Å². The molecule has 1 amide bonds. The highest BCUT2D eigenvalue weighted by Gasteiger charge is 2.51. The minimum Gasteiger partial charge on any atom is -0.353 e. The monoisotopic (exact) mass is 255 g/mol. The van der Waals surface area contributed by atoms with Gasteiger partial charge in [0.1, 0.15) is 0 Å². The first-order valence-electron chi connectivity index (χ1n) is 6.70. The molecule has 2 fully saturated rings. The van der Waals surface area contributed by atoms with E-state index in [-0.39, 0.29) is 11.3 Å². The smallest absolute Gasteiger partial charge is 0.220 e. The van der Waals surface area contributed by atoms with Gasteiger partial charge in [-0.25, -0.2) is 0 Å². The molecule has 2 heterocycles. The minimum atomic E-state index is 0.230. The van der Waals surface area contributed by atoms with Crippen molar-refractivity contribution in [2.24, 2.45) is 16.7 Å². The van der Waals surface area contributed by atoms with E-state index in [1.54, 1.807) is 0 Å². The molecule has 0 aromatic rings. The molecule has 98 valence electrons. The minimum absolute atomic E-state index is 0.230. The Morgan fingerprint density at radius 3 is 2.71 bits per heavy atom. The lowest BCUT2D eigenvalue weighted by molar-refractivity contribution is -0.119. The zero-order valence-corrected chi connectivity index (χ0v) is 12.3. The van der Waals surface area contributed by atoms with Crippen LogP contribution in [-0.2, 0) is 4.79 Å². The number of amides is 1. The molecular weight excluding hydrogens is 230 g/mol. The zero-order valence-electron chi connectivity index (χ0n) is 11.5. The predicted molar refractivity (Wildman–Crippen MR) is 74.2 cm³/mol. The third kappa shape index (κ3) is 2.81. The number of hydrogen-bond donors (Lipinski definition) is 1. The van der Waals surface area contributed by atoms with Crippen molar-refractivity contribution in [3.05, 3.63) is 0 Å². The predicted octanol–water partition coefficient (Wildman–Crippen LogP) is 3.07. The van der Waals surface area contributed by atoms with Gasteiger partial charge in [-0.05, 0) is 29.9 Å². The molecule has 1 N–H and O–H groups in total. The number of rotatable bonds is 2. The van der Waals surface area contributed by atoms with Crippen LogP contribution in [0.5, 0.6) is 0 Å². The molecule has 0 bridgehead atoms. The summed E-state index contributed by atoms with van der Waals surface area (Å²) in [6.45, 7) is 9.19. The highest BCUT2D eigenvalue weighted by Crippen LogP contribution is 2.51. The molecule has 2 atom stereocenters. The largest absolute Gasteiger partial charge is 0.353 e. The molecular formula is C14H25NOS. The Labute approximate surface area is 109 Å². The van der Waals surface area contributed by atoms with Crippen molar-refractivity contribution in [2.45, 2.75) is 53.0 Å². The molecule has 1 spiro atoms. The average molecular weight is 255 g/mol. The SMILES string of the molecule is CC(C)CC1NC(=O)CC12CSCC(C)(C)C2. The highest BCUT2D eigenvalue weighted by atomic mass is 32.2. The van der Waals surface area contributed by atoms with Crippen molar-refractivity contribution in [3.63, 3.8) is 0 Å². The number of hydrogen-bond acceptors (Lipinski definition) is 2. The van der Waals surface area contributed by atoms with E-state index in [9.17, 15) is 4.79 Å². The maximum absolute atomic E-state index is 11.8. The van der Waals surface area contributed by atoms with E-state index in [0.29, 0.717) is 17.4 Å². The maximum atomic E-state index is 11.8. The van der Waals surface area contributed by atoms with Crippen molar-refractivity contribution in [1.29, 1.82) is 0 Å². The van der Waals surface area contributed by atoms with E-state index < -0.39 is 0 Å². The fourth-order valence-corrected chi connectivity index (χ4v) is 5.11. The van der Waals surface area contributed by atoms with Gasteiger partial charge in [-0.15, -0.1) is 0 Å². The fraction of sp³-hybridized carbons (Fsp3) is 0.929. The molecule has 2 saturated heterocycles. The van der Waals surface area contributed by atoms with Gasteiger partial charge in [0.15, 0.2) is 0 Å². The molecule has 2 unspecified atom stereocenters. The summed E-state index contributed by atoms with van der Waals surface area (Å²) >= 11 is 2.04. The van der Waals surface area contributed by atoms with Gasteiger partial charge in [-0.2, -0.15) is 11.8 Å². The van der Waals surface area contributed by atoms with Gasteiger partial charge in [-0.1, -0.05) is 27.7 Å². The first-order valence-corrected chi connectivity index (χ1v) is 7.86. The van der Waals surface area contributed by atoms with Crippen LogP contribution < -0.4 is 5.32 Å². The van der Waals surface area contributed by atoms with Gasteiger partial charge in [0.25, 0.3) is 0 Å². The Morgan fingerprint density at radius 1 is 1.41 bits per heavy atom. The quantitative estimate of drug-likeness (QED) is 0.821. The summed E-state index contributed by atoms with van der Waals surface area (Å²) < 4.78 is 0. The lowest BCUT2D eigenvalue weighted by Crippen LogP contribution is -2.45. The van der Waals surface area contributed by atoms with Crippen LogP contribution in [0.3, 0.4) is 0 Å². The Kier molecular flexibility index (Phi) is 3.50. The van der Waals surface area contributed by atoms with Crippen LogP contribution >= 0.6 is 11.8 Å². The number of carbonyl (C=O) groups excluding carboxylic acids is 1. The summed E-state index contributed by atoms with van der Waals surface area (Å²) in [5.41, 5.74) is 0.609. The molecule has 2 nitrogen and oxygen atoms in total. The van der Waals surface area contributed by atoms with Crippen molar-refractivity contribution < 1.29 is 4.79 Å². The Bertz CT molecular complexity index is 313. The van der Waals surface area contributed by atoms with Crippen LogP contribution in [0, 0.1) is 16.7 Å². The topological polar surface area (TPSA) is 29.1 Å². The molecule has 0 aromatic heterocycles. The normalized spacial score (nSPS) is 36.5. The maximum Gasteiger partial charge on any atom is 0.220 e. The van der Waals surface area contributed by atoms with Crippen molar-refractivity contribution in [2.75, 3.05) is 11.5 Å². The number of thioether (sulfide) groups is 1. The van der Waals surface area contributed by atoms with E-state index in [0.717, 1.165) is 18.6 Å². The van der Waals surface area contributed by atoms with E-state index in [1.165, 1.54) is 12.2 Å². The number of nitrogens with one attached hydrogen (secondary N) is 1. The van der Waals surface area contributed by atoms with Crippen molar-refractivity contribution in [3.8, 4) is 0 Å². The van der Waals surface area contributed by atoms with Gasteiger partial charge in [0, 0.05) is 23.6 Å². The van der Waals surface area contributed by atoms with Crippen molar-refractivity contribution in [1.82, 2.24) is 5.32 Å². The second kappa shape index (κ2) is 4.49. The van der Waals surface area contributed by atoms with Gasteiger partial charge in [0.05, 0.1) is 0 Å². The van der Waals surface area contributed by atoms with Crippen LogP contribution in [0.4, 0.5) is 0 Å². The molecule has 0 aliphatic carbocycles. The molecule has 0 aromatic carbocycles. The molecule has 2 aliphatic rings. The lowest BCUT2D eigenvalue weighted by atomic mass is 9.68. The summed E-state index contributed by atoms with van der Waals surface area (Å²) in [6, 6.07) is 0.405. The first-order chi connectivity index (χ1) is 7.83. The third-order valence-electron chi connectivity index (χ3n) is 4.01. The standard InChI is InChI=1S/C14H25NOS/c1-10(2)5-11-14(6-12(16)15-11)7-13(3,4)8-17-9-14/h10-11H,5-9H2,1-4H3,(H,15,16). The Morgan fingerprint density at radius 2 is 2.12 bits per heavy atom. The molecule has 3 heteroatoms. The molecule has 0 saturated carbocycles. The summed E-state index contributed by atoms with van der Waals surface area (Å²) in [7, 11) is 0. The second-order valence-corrected chi connectivity index (χ2v) is 8.11. The molecule has 0 radical (unpaired) electrons. The van der Waals surface area contributed by atoms with Gasteiger partial charge in [0.2, 0.25) is 5.91 Å². The second-order valence-electron chi connectivity index (χ2n) is 7.12. The summed E-state index contributed by atoms with van der Waals surface area (Å²) in [6.07, 6.45) is 3.08. The Balaban J connectivity index is 2.17. The van der Waals surface area contributed by atoms with Crippen molar-refractivity contribution >= 4 is 17.7 Å². The third-order valence-corrected chi connectivity index (χ3v) is 5.77. The van der Waals surface area contributed by atoms with E-state index in [1.807, 2.05) is 11.8 Å². The summed E-state index contributed by atoms with van der Waals surface area (Å²) in [4.78, 5) is 11.8. The van der Waals surface area contributed by atoms with Crippen LogP contribution in [0.2, 0.25) is 0 Å². The van der Waals surface area contributed by atoms with Crippen LogP contribution in [0.25, 0.3) is 0 Å². The van der Waals surface area contributed by atoms with Crippen LogP contribution in [-0.4, -0.2) is 23.5 Å². The lowest BCUT2D eigenvalue weighted by Gasteiger charge is -2.45. The average Bonchev–Trinajstić information content (AvgIpc) is 2.39. The van der Waals surface area contributed by atoms with E-state index in [2.05, 4.69) is 33.0 Å². The number of carbonyl (C=O) groups is 1. The van der Waals surface area contributed by atoms with E-state index in [4.69, 9.17) is 0 Å². The van der Waals surface area contributed by atoms with Gasteiger partial charge in [-0.3, -0.25) is 4.79 Å². The van der Waals surface area contributed by atoms with Crippen LogP contribution in [0.15, 0.2) is 0 Å². The van der Waals surface area contributed by atoms with Gasteiger partial charge >= 0.3 is 0 Å². The molecule has 2 rings (SSSR count). The fourth-order valence-electron chi connectivity index (χ4n) is 3.54. The zero-order chi connectivity index (χ0) is 12.7. The summed E-state index contributed by atoms with van der Waals surface area (Å²) in [5.74, 6) is 3.32. The molecule has 2 aliphatic heterocycles. The van der Waals surface area contributed by atoms with E-state index >= 15 is 0 Å². The summed E-state index contributed by atoms with van der Waals surface area (Å²) in [5, 5.41) is 3.23.